The molecule has 0 heterocycles. The number of benzene rings is 4. The normalized spacial score (nSPS) is 12.0. The topological polar surface area (TPSA) is 96.0 Å². The number of ether oxygens (including phenoxy) is 1. The molecule has 0 saturated carbocycles. The molecule has 0 saturated heterocycles. The summed E-state index contributed by atoms with van der Waals surface area (Å²) in [6, 6.07) is 31.9. The van der Waals surface area contributed by atoms with Crippen molar-refractivity contribution in [3.05, 3.63) is 136 Å². The second-order valence-electron chi connectivity index (χ2n) is 10.4. The second kappa shape index (κ2) is 15.5. The summed E-state index contributed by atoms with van der Waals surface area (Å²) in [6.07, 6.45) is 1.30. The van der Waals surface area contributed by atoms with E-state index in [0.29, 0.717) is 10.8 Å². The van der Waals surface area contributed by atoms with Gasteiger partial charge in [-0.2, -0.15) is 4.31 Å². The number of amides is 2. The Kier molecular flexibility index (Phi) is 11.5. The van der Waals surface area contributed by atoms with Crippen molar-refractivity contribution in [2.75, 3.05) is 19.9 Å². The highest BCUT2D eigenvalue weighted by molar-refractivity contribution is 7.88. The zero-order chi connectivity index (χ0) is 31.5. The Morgan fingerprint density at radius 3 is 1.98 bits per heavy atom. The average molecular weight is 634 g/mol. The van der Waals surface area contributed by atoms with Crippen molar-refractivity contribution in [3.8, 4) is 5.75 Å². The molecule has 0 aliphatic heterocycles. The first-order chi connectivity index (χ1) is 21.1. The Morgan fingerprint density at radius 1 is 0.795 bits per heavy atom. The lowest BCUT2D eigenvalue weighted by atomic mass is 10.0. The molecule has 8 nitrogen and oxygen atoms in total. The van der Waals surface area contributed by atoms with Gasteiger partial charge < -0.3 is 15.0 Å². The van der Waals surface area contributed by atoms with Gasteiger partial charge in [0.05, 0.1) is 19.9 Å². The number of nitrogens with one attached hydrogen (secondary N) is 1. The third-order valence-electron chi connectivity index (χ3n) is 7.17. The molecule has 0 radical (unpaired) electrons. The van der Waals surface area contributed by atoms with Crippen molar-refractivity contribution in [2.24, 2.45) is 0 Å². The number of sulfonamides is 1. The SMILES string of the molecule is COc1ccccc1CNC(=O)[C@H](Cc1ccccc1)N(Cc1ccc(Cl)cc1)C(=O)CN(Cc1ccccc1)S(C)(=O)=O. The van der Waals surface area contributed by atoms with E-state index in [-0.39, 0.29) is 32.0 Å². The predicted molar refractivity (Wildman–Crippen MR) is 172 cm³/mol. The number of carbonyl (C=O) groups is 2. The molecular weight excluding hydrogens is 598 g/mol. The molecule has 0 aliphatic carbocycles. The first-order valence-corrected chi connectivity index (χ1v) is 16.3. The van der Waals surface area contributed by atoms with Crippen LogP contribution in [0.1, 0.15) is 22.3 Å². The molecule has 0 aromatic heterocycles. The van der Waals surface area contributed by atoms with Gasteiger partial charge in [-0.25, -0.2) is 8.42 Å². The highest BCUT2D eigenvalue weighted by Crippen LogP contribution is 2.20. The van der Waals surface area contributed by atoms with E-state index in [1.54, 1.807) is 43.5 Å². The zero-order valence-corrected chi connectivity index (χ0v) is 26.3. The molecule has 230 valence electrons. The van der Waals surface area contributed by atoms with Crippen molar-refractivity contribution in [1.82, 2.24) is 14.5 Å². The Hall–Kier alpha value is -4.18. The van der Waals surface area contributed by atoms with Crippen LogP contribution in [0, 0.1) is 0 Å². The highest BCUT2D eigenvalue weighted by Gasteiger charge is 2.33. The summed E-state index contributed by atoms with van der Waals surface area (Å²) in [5.74, 6) is -0.253. The predicted octanol–water partition coefficient (Wildman–Crippen LogP) is 5.07. The van der Waals surface area contributed by atoms with E-state index in [4.69, 9.17) is 16.3 Å². The van der Waals surface area contributed by atoms with E-state index >= 15 is 0 Å². The third-order valence-corrected chi connectivity index (χ3v) is 8.61. The van der Waals surface area contributed by atoms with Crippen molar-refractivity contribution >= 4 is 33.4 Å². The maximum absolute atomic E-state index is 14.2. The molecule has 4 rings (SSSR count). The number of methoxy groups -OCH3 is 1. The van der Waals surface area contributed by atoms with Crippen LogP contribution in [0.3, 0.4) is 0 Å². The average Bonchev–Trinajstić information content (AvgIpc) is 3.02. The fraction of sp³-hybridized carbons (Fsp3) is 0.235. The van der Waals surface area contributed by atoms with Crippen molar-refractivity contribution < 1.29 is 22.7 Å². The van der Waals surface area contributed by atoms with Crippen LogP contribution in [0.5, 0.6) is 5.75 Å². The van der Waals surface area contributed by atoms with Crippen LogP contribution in [0.4, 0.5) is 0 Å². The van der Waals surface area contributed by atoms with Crippen LogP contribution in [0.2, 0.25) is 5.02 Å². The van der Waals surface area contributed by atoms with Gasteiger partial charge in [-0.15, -0.1) is 0 Å². The molecular formula is C34H36ClN3O5S. The minimum atomic E-state index is -3.78. The molecule has 0 fully saturated rings. The van der Waals surface area contributed by atoms with E-state index < -0.39 is 28.5 Å². The van der Waals surface area contributed by atoms with Crippen LogP contribution >= 0.6 is 11.6 Å². The van der Waals surface area contributed by atoms with Gasteiger partial charge in [0.15, 0.2) is 0 Å². The number of rotatable bonds is 14. The molecule has 10 heteroatoms. The molecule has 4 aromatic rings. The summed E-state index contributed by atoms with van der Waals surface area (Å²) >= 11 is 6.12. The Bertz CT molecular complexity index is 1630. The van der Waals surface area contributed by atoms with E-state index in [9.17, 15) is 18.0 Å². The van der Waals surface area contributed by atoms with E-state index in [1.807, 2.05) is 72.8 Å². The summed E-state index contributed by atoms with van der Waals surface area (Å²) in [6.45, 7) is -0.172. The maximum atomic E-state index is 14.2. The molecule has 0 unspecified atom stereocenters. The van der Waals surface area contributed by atoms with E-state index in [1.165, 1.54) is 4.90 Å². The highest BCUT2D eigenvalue weighted by atomic mass is 35.5. The summed E-state index contributed by atoms with van der Waals surface area (Å²) in [5, 5.41) is 3.52. The lowest BCUT2D eigenvalue weighted by Crippen LogP contribution is -2.53. The molecule has 44 heavy (non-hydrogen) atoms. The first kappa shape index (κ1) is 32.7. The summed E-state index contributed by atoms with van der Waals surface area (Å²) in [5.41, 5.74) is 3.12. The van der Waals surface area contributed by atoms with Crippen molar-refractivity contribution in [3.63, 3.8) is 0 Å². The van der Waals surface area contributed by atoms with Gasteiger partial charge in [0, 0.05) is 36.6 Å². The number of hydrogen-bond acceptors (Lipinski definition) is 5. The van der Waals surface area contributed by atoms with Gasteiger partial charge in [-0.1, -0.05) is 103 Å². The molecule has 0 aliphatic rings. The standard InChI is InChI=1S/C34H36ClN3O5S/c1-43-32-16-10-9-15-29(32)22-36-34(40)31(21-26-11-5-3-6-12-26)38(24-28-17-19-30(35)20-18-28)33(39)25-37(44(2,41)42)23-27-13-7-4-8-14-27/h3-20,31H,21-25H2,1-2H3,(H,36,40)/t31-/m0/s1. The van der Waals surface area contributed by atoms with Crippen LogP contribution < -0.4 is 10.1 Å². The van der Waals surface area contributed by atoms with Gasteiger partial charge in [-0.3, -0.25) is 9.59 Å². The Balaban J connectivity index is 1.69. The molecule has 2 amide bonds. The van der Waals surface area contributed by atoms with Gasteiger partial charge in [-0.05, 0) is 34.9 Å². The van der Waals surface area contributed by atoms with Crippen molar-refractivity contribution in [2.45, 2.75) is 32.1 Å². The van der Waals surface area contributed by atoms with Crippen LogP contribution in [-0.2, 0) is 45.7 Å². The molecule has 1 atom stereocenters. The number of hydrogen-bond donors (Lipinski definition) is 1. The van der Waals surface area contributed by atoms with Gasteiger partial charge in [0.2, 0.25) is 21.8 Å². The minimum absolute atomic E-state index is 0.0174. The van der Waals surface area contributed by atoms with E-state index in [0.717, 1.165) is 32.8 Å². The Labute approximate surface area is 264 Å². The van der Waals surface area contributed by atoms with Crippen molar-refractivity contribution in [1.29, 1.82) is 0 Å². The fourth-order valence-electron chi connectivity index (χ4n) is 4.81. The van der Waals surface area contributed by atoms with Gasteiger partial charge in [0.1, 0.15) is 11.8 Å². The van der Waals surface area contributed by atoms with Crippen LogP contribution in [-0.4, -0.2) is 55.4 Å². The third kappa shape index (κ3) is 9.41. The Morgan fingerprint density at radius 2 is 1.36 bits per heavy atom. The van der Waals surface area contributed by atoms with Gasteiger partial charge >= 0.3 is 0 Å². The first-order valence-electron chi connectivity index (χ1n) is 14.1. The second-order valence-corrected chi connectivity index (χ2v) is 12.8. The number of carbonyl (C=O) groups excluding carboxylic acids is 2. The number of nitrogens with zero attached hydrogens (tertiary/aromatic N) is 2. The number of para-hydroxylation sites is 1. The molecule has 1 N–H and O–H groups in total. The summed E-state index contributed by atoms with van der Waals surface area (Å²) < 4.78 is 32.3. The monoisotopic (exact) mass is 633 g/mol. The van der Waals surface area contributed by atoms with E-state index in [2.05, 4.69) is 5.32 Å². The smallest absolute Gasteiger partial charge is 0.243 e. The quantitative estimate of drug-likeness (QED) is 0.209. The van der Waals surface area contributed by atoms with Crippen LogP contribution in [0.15, 0.2) is 109 Å². The molecule has 0 spiro atoms. The van der Waals surface area contributed by atoms with Gasteiger partial charge in [0.25, 0.3) is 0 Å². The number of halogens is 1. The zero-order valence-electron chi connectivity index (χ0n) is 24.7. The van der Waals surface area contributed by atoms with Crippen LogP contribution in [0.25, 0.3) is 0 Å². The molecule has 0 bridgehead atoms. The lowest BCUT2D eigenvalue weighted by Gasteiger charge is -2.33. The largest absolute Gasteiger partial charge is 0.496 e. The summed E-state index contributed by atoms with van der Waals surface area (Å²) in [4.78, 5) is 29.6. The maximum Gasteiger partial charge on any atom is 0.243 e. The summed E-state index contributed by atoms with van der Waals surface area (Å²) in [7, 11) is -2.21. The minimum Gasteiger partial charge on any atom is -0.496 e. The fourth-order valence-corrected chi connectivity index (χ4v) is 5.66. The lowest BCUT2D eigenvalue weighted by molar-refractivity contribution is -0.141. The molecule has 4 aromatic carbocycles.